The van der Waals surface area contributed by atoms with Gasteiger partial charge in [-0.25, -0.2) is 4.79 Å². The van der Waals surface area contributed by atoms with Gasteiger partial charge >= 0.3 is 5.97 Å². The molecule has 0 saturated heterocycles. The fourth-order valence-corrected chi connectivity index (χ4v) is 1.68. The van der Waals surface area contributed by atoms with Crippen LogP contribution in [0.5, 0.6) is 0 Å². The Bertz CT molecular complexity index is 236. The number of nitrogens with one attached hydrogen (secondary N) is 2. The topological polar surface area (TPSA) is 78.4 Å². The molecule has 0 aliphatic heterocycles. The minimum atomic E-state index is -0.973. The SMILES string of the molecule is CNCC(C)C(=O)N[C@H](CCSC)C(=O)O. The van der Waals surface area contributed by atoms with Gasteiger partial charge in [0, 0.05) is 12.5 Å². The van der Waals surface area contributed by atoms with Crippen LogP contribution in [0.15, 0.2) is 0 Å². The molecule has 5 nitrogen and oxygen atoms in total. The molecule has 0 fully saturated rings. The van der Waals surface area contributed by atoms with E-state index in [0.29, 0.717) is 13.0 Å². The maximum absolute atomic E-state index is 11.6. The molecule has 0 spiro atoms. The number of hydrogen-bond donors (Lipinski definition) is 3. The van der Waals surface area contributed by atoms with Crippen molar-refractivity contribution < 1.29 is 14.7 Å². The highest BCUT2D eigenvalue weighted by molar-refractivity contribution is 7.98. The molecular weight excluding hydrogens is 228 g/mol. The second kappa shape index (κ2) is 8.41. The summed E-state index contributed by atoms with van der Waals surface area (Å²) < 4.78 is 0. The van der Waals surface area contributed by atoms with E-state index in [9.17, 15) is 9.59 Å². The van der Waals surface area contributed by atoms with Gasteiger partial charge < -0.3 is 15.7 Å². The predicted molar refractivity (Wildman–Crippen MR) is 65.7 cm³/mol. The molecule has 0 rings (SSSR count). The fourth-order valence-electron chi connectivity index (χ4n) is 1.21. The van der Waals surface area contributed by atoms with E-state index in [2.05, 4.69) is 10.6 Å². The quantitative estimate of drug-likeness (QED) is 0.570. The van der Waals surface area contributed by atoms with Gasteiger partial charge in [0.05, 0.1) is 0 Å². The lowest BCUT2D eigenvalue weighted by atomic mass is 10.1. The van der Waals surface area contributed by atoms with Crippen molar-refractivity contribution in [1.29, 1.82) is 0 Å². The largest absolute Gasteiger partial charge is 0.480 e. The Morgan fingerprint density at radius 2 is 2.06 bits per heavy atom. The number of thioether (sulfide) groups is 1. The average molecular weight is 248 g/mol. The molecule has 2 atom stereocenters. The minimum Gasteiger partial charge on any atom is -0.480 e. The van der Waals surface area contributed by atoms with Crippen molar-refractivity contribution in [2.75, 3.05) is 25.6 Å². The first-order valence-corrected chi connectivity index (χ1v) is 6.59. The van der Waals surface area contributed by atoms with E-state index in [0.717, 1.165) is 5.75 Å². The summed E-state index contributed by atoms with van der Waals surface area (Å²) in [6, 6.07) is -0.778. The molecule has 0 aromatic rings. The summed E-state index contributed by atoms with van der Waals surface area (Å²) in [4.78, 5) is 22.5. The molecular formula is C10H20N2O3S. The van der Waals surface area contributed by atoms with E-state index >= 15 is 0 Å². The Hall–Kier alpha value is -0.750. The fraction of sp³-hybridized carbons (Fsp3) is 0.800. The van der Waals surface area contributed by atoms with Gasteiger partial charge in [0.15, 0.2) is 0 Å². The Morgan fingerprint density at radius 1 is 1.44 bits per heavy atom. The third-order valence-electron chi connectivity index (χ3n) is 2.18. The van der Waals surface area contributed by atoms with Crippen molar-refractivity contribution in [3.8, 4) is 0 Å². The first-order valence-electron chi connectivity index (χ1n) is 5.19. The van der Waals surface area contributed by atoms with Crippen LogP contribution in [-0.4, -0.2) is 48.6 Å². The highest BCUT2D eigenvalue weighted by Gasteiger charge is 2.21. The second-order valence-electron chi connectivity index (χ2n) is 3.64. The molecule has 94 valence electrons. The maximum Gasteiger partial charge on any atom is 0.326 e. The van der Waals surface area contributed by atoms with Crippen LogP contribution in [0.3, 0.4) is 0 Å². The molecule has 0 aromatic heterocycles. The number of aliphatic carboxylic acids is 1. The van der Waals surface area contributed by atoms with Gasteiger partial charge in [-0.1, -0.05) is 6.92 Å². The molecule has 0 aliphatic rings. The number of rotatable bonds is 8. The summed E-state index contributed by atoms with van der Waals surface area (Å²) in [7, 11) is 1.76. The third kappa shape index (κ3) is 5.97. The predicted octanol–water partition coefficient (Wildman–Crippen LogP) is 0.164. The van der Waals surface area contributed by atoms with E-state index in [1.165, 1.54) is 0 Å². The van der Waals surface area contributed by atoms with E-state index in [1.807, 2.05) is 6.26 Å². The van der Waals surface area contributed by atoms with Crippen LogP contribution in [0, 0.1) is 5.92 Å². The Balaban J connectivity index is 4.17. The zero-order chi connectivity index (χ0) is 12.6. The Kier molecular flexibility index (Phi) is 8.01. The zero-order valence-electron chi connectivity index (χ0n) is 9.95. The lowest BCUT2D eigenvalue weighted by molar-refractivity contribution is -0.142. The summed E-state index contributed by atoms with van der Waals surface area (Å²) in [5.74, 6) is -0.694. The van der Waals surface area contributed by atoms with Crippen molar-refractivity contribution in [2.45, 2.75) is 19.4 Å². The summed E-state index contributed by atoms with van der Waals surface area (Å²) in [5.41, 5.74) is 0. The van der Waals surface area contributed by atoms with Crippen LogP contribution in [0.1, 0.15) is 13.3 Å². The van der Waals surface area contributed by atoms with Crippen molar-refractivity contribution in [3.63, 3.8) is 0 Å². The second-order valence-corrected chi connectivity index (χ2v) is 4.63. The minimum absolute atomic E-state index is 0.220. The van der Waals surface area contributed by atoms with E-state index in [1.54, 1.807) is 25.7 Å². The highest BCUT2D eigenvalue weighted by Crippen LogP contribution is 2.02. The normalized spacial score (nSPS) is 14.2. The van der Waals surface area contributed by atoms with Gasteiger partial charge in [-0.2, -0.15) is 11.8 Å². The van der Waals surface area contributed by atoms with Crippen LogP contribution in [0.2, 0.25) is 0 Å². The number of amides is 1. The van der Waals surface area contributed by atoms with Crippen LogP contribution >= 0.6 is 11.8 Å². The molecule has 0 bridgehead atoms. The Morgan fingerprint density at radius 3 is 2.50 bits per heavy atom. The van der Waals surface area contributed by atoms with Gasteiger partial charge in [-0.05, 0) is 25.5 Å². The monoisotopic (exact) mass is 248 g/mol. The standard InChI is InChI=1S/C10H20N2O3S/c1-7(6-11-2)9(13)12-8(10(14)15)4-5-16-3/h7-8,11H,4-6H2,1-3H3,(H,12,13)(H,14,15)/t7?,8-/m1/s1. The number of carbonyl (C=O) groups is 2. The average Bonchev–Trinajstić information content (AvgIpc) is 2.23. The molecule has 1 unspecified atom stereocenters. The van der Waals surface area contributed by atoms with E-state index in [-0.39, 0.29) is 11.8 Å². The number of hydrogen-bond acceptors (Lipinski definition) is 4. The molecule has 0 saturated carbocycles. The van der Waals surface area contributed by atoms with Crippen molar-refractivity contribution in [1.82, 2.24) is 10.6 Å². The molecule has 3 N–H and O–H groups in total. The van der Waals surface area contributed by atoms with Gasteiger partial charge in [-0.15, -0.1) is 0 Å². The zero-order valence-corrected chi connectivity index (χ0v) is 10.8. The number of carboxylic acid groups (broad SMARTS) is 1. The van der Waals surface area contributed by atoms with Gasteiger partial charge in [0.25, 0.3) is 0 Å². The van der Waals surface area contributed by atoms with Crippen molar-refractivity contribution in [2.24, 2.45) is 5.92 Å². The smallest absolute Gasteiger partial charge is 0.326 e. The van der Waals surface area contributed by atoms with Crippen molar-refractivity contribution >= 4 is 23.6 Å². The molecule has 0 radical (unpaired) electrons. The molecule has 0 aromatic carbocycles. The lowest BCUT2D eigenvalue weighted by Gasteiger charge is -2.17. The molecule has 6 heteroatoms. The lowest BCUT2D eigenvalue weighted by Crippen LogP contribution is -2.45. The van der Waals surface area contributed by atoms with Crippen LogP contribution in [0.25, 0.3) is 0 Å². The highest BCUT2D eigenvalue weighted by atomic mass is 32.2. The number of carboxylic acids is 1. The van der Waals surface area contributed by atoms with E-state index in [4.69, 9.17) is 5.11 Å². The van der Waals surface area contributed by atoms with E-state index < -0.39 is 12.0 Å². The summed E-state index contributed by atoms with van der Waals surface area (Å²) >= 11 is 1.57. The van der Waals surface area contributed by atoms with Gasteiger partial charge in [0.2, 0.25) is 5.91 Å². The summed E-state index contributed by atoms with van der Waals surface area (Å²) in [6.45, 7) is 2.31. The van der Waals surface area contributed by atoms with Crippen LogP contribution in [-0.2, 0) is 9.59 Å². The van der Waals surface area contributed by atoms with Gasteiger partial charge in [-0.3, -0.25) is 4.79 Å². The van der Waals surface area contributed by atoms with Crippen LogP contribution < -0.4 is 10.6 Å². The van der Waals surface area contributed by atoms with Crippen LogP contribution in [0.4, 0.5) is 0 Å². The maximum atomic E-state index is 11.6. The first-order chi connectivity index (χ1) is 7.52. The van der Waals surface area contributed by atoms with Gasteiger partial charge in [0.1, 0.15) is 6.04 Å². The molecule has 0 heterocycles. The first kappa shape index (κ1) is 15.2. The number of carbonyl (C=O) groups excluding carboxylic acids is 1. The Labute approximate surface area is 100 Å². The summed E-state index contributed by atoms with van der Waals surface area (Å²) in [5, 5.41) is 14.3. The summed E-state index contributed by atoms with van der Waals surface area (Å²) in [6.07, 6.45) is 2.36. The molecule has 1 amide bonds. The molecule has 16 heavy (non-hydrogen) atoms. The molecule has 0 aliphatic carbocycles. The van der Waals surface area contributed by atoms with Crippen molar-refractivity contribution in [3.05, 3.63) is 0 Å². The third-order valence-corrected chi connectivity index (χ3v) is 2.83.